The molecular weight excluding hydrogens is 190 g/mol. The maximum absolute atomic E-state index is 5.73. The molecule has 0 aliphatic heterocycles. The number of nitrogen functional groups attached to an aromatic ring is 1. The van der Waals surface area contributed by atoms with Crippen molar-refractivity contribution in [2.75, 3.05) is 5.73 Å². The first-order chi connectivity index (χ1) is 7.16. The number of imidazole rings is 1. The Hall–Kier alpha value is -2.17. The van der Waals surface area contributed by atoms with Crippen LogP contribution in [0.4, 0.5) is 5.82 Å². The Balaban J connectivity index is 2.49. The topological polar surface area (TPSA) is 80.5 Å². The van der Waals surface area contributed by atoms with Gasteiger partial charge in [-0.3, -0.25) is 0 Å². The first-order valence-corrected chi connectivity index (χ1v) is 4.47. The number of fused-ring (bicyclic) bond motifs is 1. The van der Waals surface area contributed by atoms with Crippen molar-refractivity contribution >= 4 is 23.1 Å². The molecule has 0 fully saturated rings. The van der Waals surface area contributed by atoms with Crippen molar-refractivity contribution in [2.24, 2.45) is 0 Å². The third kappa shape index (κ3) is 1.85. The first kappa shape index (κ1) is 9.39. The predicted octanol–water partition coefficient (Wildman–Crippen LogP) is 1.52. The number of aromatic amines is 1. The summed E-state index contributed by atoms with van der Waals surface area (Å²) in [6.45, 7) is 5.65. The van der Waals surface area contributed by atoms with Crippen LogP contribution in [0, 0.1) is 0 Å². The molecule has 5 heteroatoms. The second kappa shape index (κ2) is 3.53. The summed E-state index contributed by atoms with van der Waals surface area (Å²) >= 11 is 0. The number of allylic oxidation sites excluding steroid dienone is 2. The summed E-state index contributed by atoms with van der Waals surface area (Å²) < 4.78 is 0. The molecule has 0 amide bonds. The molecule has 0 saturated carbocycles. The maximum atomic E-state index is 5.73. The number of nitrogens with two attached hydrogens (primary N) is 1. The zero-order valence-corrected chi connectivity index (χ0v) is 8.36. The van der Waals surface area contributed by atoms with Crippen LogP contribution in [0.25, 0.3) is 17.2 Å². The normalized spacial score (nSPS) is 11.3. The zero-order valence-electron chi connectivity index (χ0n) is 8.36. The van der Waals surface area contributed by atoms with Crippen molar-refractivity contribution in [3.8, 4) is 0 Å². The van der Waals surface area contributed by atoms with Crippen LogP contribution >= 0.6 is 0 Å². The summed E-state index contributed by atoms with van der Waals surface area (Å²) in [7, 11) is 0. The van der Waals surface area contributed by atoms with E-state index in [1.807, 2.05) is 13.0 Å². The van der Waals surface area contributed by atoms with Crippen molar-refractivity contribution < 1.29 is 0 Å². The summed E-state index contributed by atoms with van der Waals surface area (Å²) in [5.74, 6) is 0.939. The van der Waals surface area contributed by atoms with Crippen LogP contribution < -0.4 is 5.73 Å². The van der Waals surface area contributed by atoms with Crippen molar-refractivity contribution in [3.05, 3.63) is 30.4 Å². The molecule has 3 N–H and O–H groups in total. The van der Waals surface area contributed by atoms with E-state index in [-0.39, 0.29) is 0 Å². The van der Waals surface area contributed by atoms with E-state index >= 15 is 0 Å². The summed E-state index contributed by atoms with van der Waals surface area (Å²) in [4.78, 5) is 15.2. The average molecular weight is 201 g/mol. The molecular formula is C10H11N5. The van der Waals surface area contributed by atoms with Crippen LogP contribution in [-0.4, -0.2) is 19.9 Å². The maximum Gasteiger partial charge on any atom is 0.183 e. The highest BCUT2D eigenvalue weighted by Crippen LogP contribution is 2.13. The number of rotatable bonds is 2. The Morgan fingerprint density at radius 2 is 2.33 bits per heavy atom. The van der Waals surface area contributed by atoms with Crippen LogP contribution in [0.3, 0.4) is 0 Å². The molecule has 5 nitrogen and oxygen atoms in total. The molecule has 0 spiro atoms. The van der Waals surface area contributed by atoms with E-state index in [2.05, 4.69) is 26.5 Å². The minimum absolute atomic E-state index is 0.402. The van der Waals surface area contributed by atoms with Gasteiger partial charge in [0.2, 0.25) is 0 Å². The lowest BCUT2D eigenvalue weighted by Crippen LogP contribution is -1.97. The number of nitrogens with zero attached hydrogens (tertiary/aromatic N) is 3. The fourth-order valence-electron chi connectivity index (χ4n) is 1.16. The number of hydrogen-bond donors (Lipinski definition) is 2. The molecule has 0 aliphatic rings. The summed E-state index contributed by atoms with van der Waals surface area (Å²) in [6.07, 6.45) is 5.13. The molecule has 0 aromatic carbocycles. The molecule has 76 valence electrons. The SMILES string of the molecule is C=C(C)C=Cc1nc(N)c2[nH]cnc2n1. The first-order valence-electron chi connectivity index (χ1n) is 4.47. The Kier molecular flexibility index (Phi) is 2.21. The highest BCUT2D eigenvalue weighted by atomic mass is 15.0. The van der Waals surface area contributed by atoms with E-state index < -0.39 is 0 Å². The summed E-state index contributed by atoms with van der Waals surface area (Å²) in [5, 5.41) is 0. The van der Waals surface area contributed by atoms with Crippen LogP contribution in [0.15, 0.2) is 24.6 Å². The molecule has 2 aromatic rings. The summed E-state index contributed by atoms with van der Waals surface area (Å²) in [6, 6.07) is 0. The summed E-state index contributed by atoms with van der Waals surface area (Å²) in [5.41, 5.74) is 7.90. The lowest BCUT2D eigenvalue weighted by Gasteiger charge is -1.96. The van der Waals surface area contributed by atoms with Crippen LogP contribution in [0.2, 0.25) is 0 Å². The Bertz CT molecular complexity index is 538. The molecule has 0 bridgehead atoms. The van der Waals surface area contributed by atoms with Crippen molar-refractivity contribution in [1.82, 2.24) is 19.9 Å². The lowest BCUT2D eigenvalue weighted by atomic mass is 10.3. The van der Waals surface area contributed by atoms with Gasteiger partial charge < -0.3 is 10.7 Å². The standard InChI is InChI=1S/C10H11N5/c1-6(2)3-4-7-14-9(11)8-10(15-7)13-5-12-8/h3-5H,1H2,2H3,(H3,11,12,13,14,15). The van der Waals surface area contributed by atoms with Gasteiger partial charge in [-0.05, 0) is 13.0 Å². The van der Waals surface area contributed by atoms with E-state index in [0.29, 0.717) is 22.8 Å². The minimum atomic E-state index is 0.402. The lowest BCUT2D eigenvalue weighted by molar-refractivity contribution is 1.17. The van der Waals surface area contributed by atoms with Crippen molar-refractivity contribution in [1.29, 1.82) is 0 Å². The van der Waals surface area contributed by atoms with Gasteiger partial charge in [0.1, 0.15) is 5.52 Å². The van der Waals surface area contributed by atoms with Crippen LogP contribution in [0.1, 0.15) is 12.7 Å². The van der Waals surface area contributed by atoms with Gasteiger partial charge in [0.15, 0.2) is 17.3 Å². The van der Waals surface area contributed by atoms with E-state index in [9.17, 15) is 0 Å². The van der Waals surface area contributed by atoms with Gasteiger partial charge in [-0.2, -0.15) is 0 Å². The third-order valence-electron chi connectivity index (χ3n) is 1.85. The molecule has 0 radical (unpaired) electrons. The van der Waals surface area contributed by atoms with Gasteiger partial charge in [0.25, 0.3) is 0 Å². The Morgan fingerprint density at radius 3 is 3.07 bits per heavy atom. The second-order valence-electron chi connectivity index (χ2n) is 3.25. The predicted molar refractivity (Wildman–Crippen MR) is 59.9 cm³/mol. The molecule has 2 rings (SSSR count). The fourth-order valence-corrected chi connectivity index (χ4v) is 1.16. The van der Waals surface area contributed by atoms with E-state index in [0.717, 1.165) is 5.57 Å². The molecule has 2 heterocycles. The van der Waals surface area contributed by atoms with Gasteiger partial charge in [0.05, 0.1) is 6.33 Å². The molecule has 0 aliphatic carbocycles. The quantitative estimate of drug-likeness (QED) is 0.722. The largest absolute Gasteiger partial charge is 0.382 e. The van der Waals surface area contributed by atoms with E-state index in [1.165, 1.54) is 0 Å². The van der Waals surface area contributed by atoms with Gasteiger partial charge in [-0.25, -0.2) is 15.0 Å². The average Bonchev–Trinajstić information content (AvgIpc) is 2.63. The van der Waals surface area contributed by atoms with Crippen molar-refractivity contribution in [3.63, 3.8) is 0 Å². The van der Waals surface area contributed by atoms with E-state index in [1.54, 1.807) is 12.4 Å². The number of nitrogens with one attached hydrogen (secondary N) is 1. The highest BCUT2D eigenvalue weighted by Gasteiger charge is 2.04. The molecule has 2 aromatic heterocycles. The monoisotopic (exact) mass is 201 g/mol. The van der Waals surface area contributed by atoms with Crippen LogP contribution in [-0.2, 0) is 0 Å². The molecule has 15 heavy (non-hydrogen) atoms. The highest BCUT2D eigenvalue weighted by molar-refractivity contribution is 5.81. The van der Waals surface area contributed by atoms with E-state index in [4.69, 9.17) is 5.73 Å². The minimum Gasteiger partial charge on any atom is -0.382 e. The second-order valence-corrected chi connectivity index (χ2v) is 3.25. The van der Waals surface area contributed by atoms with Crippen LogP contribution in [0.5, 0.6) is 0 Å². The van der Waals surface area contributed by atoms with Gasteiger partial charge in [-0.1, -0.05) is 18.2 Å². The van der Waals surface area contributed by atoms with Gasteiger partial charge >= 0.3 is 0 Å². The number of anilines is 1. The van der Waals surface area contributed by atoms with Gasteiger partial charge in [0, 0.05) is 0 Å². The Labute approximate surface area is 86.8 Å². The Morgan fingerprint density at radius 1 is 1.53 bits per heavy atom. The molecule has 0 unspecified atom stereocenters. The molecule has 0 atom stereocenters. The van der Waals surface area contributed by atoms with Gasteiger partial charge in [-0.15, -0.1) is 0 Å². The third-order valence-corrected chi connectivity index (χ3v) is 1.85. The van der Waals surface area contributed by atoms with Crippen molar-refractivity contribution in [2.45, 2.75) is 6.92 Å². The smallest absolute Gasteiger partial charge is 0.183 e. The zero-order chi connectivity index (χ0) is 10.8. The molecule has 0 saturated heterocycles. The number of H-pyrrole nitrogens is 1. The fraction of sp³-hybridized carbons (Fsp3) is 0.100. The number of hydrogen-bond acceptors (Lipinski definition) is 4. The number of aromatic nitrogens is 4.